The van der Waals surface area contributed by atoms with Crippen LogP contribution in [0.15, 0.2) is 63.9 Å². The van der Waals surface area contributed by atoms with Gasteiger partial charge in [0.15, 0.2) is 5.65 Å². The molecule has 0 aliphatic rings. The van der Waals surface area contributed by atoms with Crippen molar-refractivity contribution in [3.05, 3.63) is 98.9 Å². The summed E-state index contributed by atoms with van der Waals surface area (Å²) in [5, 5.41) is 2.61. The largest absolute Gasteiger partial charge is 0.456 e. The number of carbonyl (C=O) groups is 2. The van der Waals surface area contributed by atoms with E-state index in [1.54, 1.807) is 38.1 Å². The van der Waals surface area contributed by atoms with Gasteiger partial charge in [-0.1, -0.05) is 18.2 Å². The first-order chi connectivity index (χ1) is 15.3. The summed E-state index contributed by atoms with van der Waals surface area (Å²) in [6.45, 7) is 3.21. The number of aryl methyl sites for hydroxylation is 2. The van der Waals surface area contributed by atoms with Crippen LogP contribution in [-0.4, -0.2) is 21.4 Å². The summed E-state index contributed by atoms with van der Waals surface area (Å²) >= 11 is 0. The van der Waals surface area contributed by atoms with Gasteiger partial charge in [-0.3, -0.25) is 9.59 Å². The van der Waals surface area contributed by atoms with Crippen LogP contribution >= 0.6 is 0 Å². The quantitative estimate of drug-likeness (QED) is 0.480. The topological polar surface area (TPSA) is 103 Å². The Hall–Kier alpha value is -4.27. The molecule has 0 aliphatic heterocycles. The Balaban J connectivity index is 1.49. The van der Waals surface area contributed by atoms with Gasteiger partial charge in [-0.2, -0.15) is 0 Å². The fourth-order valence-electron chi connectivity index (χ4n) is 3.09. The molecule has 0 atom stereocenters. The normalized spacial score (nSPS) is 10.8. The Morgan fingerprint density at radius 1 is 1.12 bits per heavy atom. The van der Waals surface area contributed by atoms with Gasteiger partial charge in [0.05, 0.1) is 16.8 Å². The third-order valence-corrected chi connectivity index (χ3v) is 4.72. The Kier molecular flexibility index (Phi) is 5.55. The average molecular weight is 435 g/mol. The molecule has 0 fully saturated rings. The molecule has 2 aromatic carbocycles. The number of aromatic nitrogens is 2. The van der Waals surface area contributed by atoms with Crippen molar-refractivity contribution < 1.29 is 23.2 Å². The van der Waals surface area contributed by atoms with E-state index >= 15 is 0 Å². The second-order valence-corrected chi connectivity index (χ2v) is 7.12. The van der Waals surface area contributed by atoms with Crippen molar-refractivity contribution in [3.63, 3.8) is 0 Å². The van der Waals surface area contributed by atoms with Crippen LogP contribution in [0.3, 0.4) is 0 Å². The number of hydrogen-bond acceptors (Lipinski definition) is 6. The molecule has 9 heteroatoms. The number of esters is 1. The van der Waals surface area contributed by atoms with Crippen molar-refractivity contribution in [1.82, 2.24) is 9.56 Å². The van der Waals surface area contributed by atoms with Gasteiger partial charge in [-0.05, 0) is 43.7 Å². The summed E-state index contributed by atoms with van der Waals surface area (Å²) in [7, 11) is 0. The van der Waals surface area contributed by atoms with Gasteiger partial charge in [-0.25, -0.2) is 14.2 Å². The number of carbonyl (C=O) groups excluding carboxylic acids is 2. The fourth-order valence-corrected chi connectivity index (χ4v) is 3.09. The maximum atomic E-state index is 13.9. The number of nitrogens with one attached hydrogen (secondary N) is 1. The number of halogens is 1. The lowest BCUT2D eigenvalue weighted by molar-refractivity contribution is 0.0467. The second kappa shape index (κ2) is 8.46. The standard InChI is InChI=1S/C23H18FN3O5/c1-13-7-8-15(10-19(13)26-22(29)17-5-3-4-6-18(17)24)23(30)31-12-16-11-21(28)27-20(25-16)9-14(2)32-27/h3-11H,12H2,1-2H3,(H,26,29). The van der Waals surface area contributed by atoms with Crippen LogP contribution in [0.5, 0.6) is 0 Å². The number of ether oxygens (including phenoxy) is 1. The van der Waals surface area contributed by atoms with Crippen LogP contribution in [0.4, 0.5) is 10.1 Å². The average Bonchev–Trinajstić information content (AvgIpc) is 3.14. The number of hydrogen-bond donors (Lipinski definition) is 1. The maximum Gasteiger partial charge on any atom is 0.338 e. The predicted molar refractivity (Wildman–Crippen MR) is 113 cm³/mol. The highest BCUT2D eigenvalue weighted by atomic mass is 19.1. The highest BCUT2D eigenvalue weighted by molar-refractivity contribution is 6.05. The summed E-state index contributed by atoms with van der Waals surface area (Å²) < 4.78 is 25.4. The molecule has 4 aromatic rings. The van der Waals surface area contributed by atoms with Crippen LogP contribution in [0, 0.1) is 19.7 Å². The molecule has 0 saturated carbocycles. The van der Waals surface area contributed by atoms with E-state index in [-0.39, 0.29) is 23.4 Å². The Morgan fingerprint density at radius 2 is 1.91 bits per heavy atom. The van der Waals surface area contributed by atoms with Crippen molar-refractivity contribution in [2.45, 2.75) is 20.5 Å². The summed E-state index contributed by atoms with van der Waals surface area (Å²) in [6.07, 6.45) is 0. The molecule has 0 radical (unpaired) electrons. The summed E-state index contributed by atoms with van der Waals surface area (Å²) in [4.78, 5) is 41.2. The molecule has 0 unspecified atom stereocenters. The van der Waals surface area contributed by atoms with Crippen molar-refractivity contribution in [1.29, 1.82) is 0 Å². The zero-order valence-corrected chi connectivity index (χ0v) is 17.2. The molecule has 0 bridgehead atoms. The van der Waals surface area contributed by atoms with E-state index in [9.17, 15) is 18.8 Å². The molecule has 4 rings (SSSR count). The Labute approximate surface area is 181 Å². The minimum Gasteiger partial charge on any atom is -0.456 e. The van der Waals surface area contributed by atoms with Gasteiger partial charge in [0.1, 0.15) is 18.2 Å². The highest BCUT2D eigenvalue weighted by Gasteiger charge is 2.15. The van der Waals surface area contributed by atoms with Crippen LogP contribution < -0.4 is 10.9 Å². The lowest BCUT2D eigenvalue weighted by Crippen LogP contribution is -2.16. The first-order valence-corrected chi connectivity index (χ1v) is 9.65. The Morgan fingerprint density at radius 3 is 2.69 bits per heavy atom. The molecule has 0 saturated heterocycles. The molecular weight excluding hydrogens is 417 g/mol. The van der Waals surface area contributed by atoms with Crippen molar-refractivity contribution in [2.75, 3.05) is 5.32 Å². The van der Waals surface area contributed by atoms with Gasteiger partial charge in [0, 0.05) is 17.8 Å². The minimum atomic E-state index is -0.670. The van der Waals surface area contributed by atoms with Crippen molar-refractivity contribution in [2.24, 2.45) is 0 Å². The highest BCUT2D eigenvalue weighted by Crippen LogP contribution is 2.20. The number of anilines is 1. The molecule has 1 amide bonds. The monoisotopic (exact) mass is 435 g/mol. The molecule has 1 N–H and O–H groups in total. The lowest BCUT2D eigenvalue weighted by atomic mass is 10.1. The van der Waals surface area contributed by atoms with Gasteiger partial charge in [-0.15, -0.1) is 4.57 Å². The zero-order chi connectivity index (χ0) is 22.8. The van der Waals surface area contributed by atoms with Crippen molar-refractivity contribution >= 4 is 23.2 Å². The van der Waals surface area contributed by atoms with E-state index in [1.807, 2.05) is 0 Å². The van der Waals surface area contributed by atoms with Gasteiger partial charge >= 0.3 is 5.97 Å². The summed E-state index contributed by atoms with van der Waals surface area (Å²) in [6, 6.07) is 13.0. The molecule has 2 heterocycles. The number of amides is 1. The molecule has 8 nitrogen and oxygen atoms in total. The van der Waals surface area contributed by atoms with E-state index in [0.717, 1.165) is 4.57 Å². The molecule has 32 heavy (non-hydrogen) atoms. The number of nitrogens with zero attached hydrogens (tertiary/aromatic N) is 2. The lowest BCUT2D eigenvalue weighted by Gasteiger charge is -2.11. The molecular formula is C23H18FN3O5. The van der Waals surface area contributed by atoms with Gasteiger partial charge in [0.2, 0.25) is 0 Å². The first kappa shape index (κ1) is 21.0. The third-order valence-electron chi connectivity index (χ3n) is 4.72. The van der Waals surface area contributed by atoms with E-state index in [0.29, 0.717) is 22.7 Å². The van der Waals surface area contributed by atoms with Crippen LogP contribution in [0.25, 0.3) is 5.65 Å². The fraction of sp³-hybridized carbons (Fsp3) is 0.130. The SMILES string of the molecule is Cc1cc2nc(COC(=O)c3ccc(C)c(NC(=O)c4ccccc4F)c3)cc(=O)n2o1. The van der Waals surface area contributed by atoms with Crippen LogP contribution in [-0.2, 0) is 11.3 Å². The first-order valence-electron chi connectivity index (χ1n) is 9.65. The van der Waals surface area contributed by atoms with E-state index < -0.39 is 23.3 Å². The van der Waals surface area contributed by atoms with Crippen LogP contribution in [0.1, 0.15) is 37.7 Å². The number of benzene rings is 2. The third kappa shape index (κ3) is 4.27. The van der Waals surface area contributed by atoms with E-state index in [2.05, 4.69) is 10.3 Å². The Bertz CT molecular complexity index is 1410. The van der Waals surface area contributed by atoms with Gasteiger partial charge in [0.25, 0.3) is 11.5 Å². The minimum absolute atomic E-state index is 0.109. The molecule has 0 spiro atoms. The molecule has 0 aliphatic carbocycles. The van der Waals surface area contributed by atoms with E-state index in [4.69, 9.17) is 9.26 Å². The van der Waals surface area contributed by atoms with E-state index in [1.165, 1.54) is 30.3 Å². The second-order valence-electron chi connectivity index (χ2n) is 7.12. The number of rotatable bonds is 5. The summed E-state index contributed by atoms with van der Waals surface area (Å²) in [5.41, 5.74) is 1.25. The van der Waals surface area contributed by atoms with Crippen molar-refractivity contribution in [3.8, 4) is 0 Å². The van der Waals surface area contributed by atoms with Gasteiger partial charge < -0.3 is 14.6 Å². The van der Waals surface area contributed by atoms with Crippen LogP contribution in [0.2, 0.25) is 0 Å². The molecule has 162 valence electrons. The maximum absolute atomic E-state index is 13.9. The zero-order valence-electron chi connectivity index (χ0n) is 17.2. The predicted octanol–water partition coefficient (Wildman–Crippen LogP) is 3.65. The smallest absolute Gasteiger partial charge is 0.338 e. The summed E-state index contributed by atoms with van der Waals surface area (Å²) in [5.74, 6) is -1.43. The number of fused-ring (bicyclic) bond motifs is 1. The molecule has 2 aromatic heterocycles.